The van der Waals surface area contributed by atoms with Crippen molar-refractivity contribution < 1.29 is 4.74 Å². The Morgan fingerprint density at radius 3 is 2.67 bits per heavy atom. The molecule has 0 aliphatic heterocycles. The quantitative estimate of drug-likeness (QED) is 0.832. The highest BCUT2D eigenvalue weighted by Crippen LogP contribution is 2.28. The fourth-order valence-electron chi connectivity index (χ4n) is 1.42. The van der Waals surface area contributed by atoms with Crippen molar-refractivity contribution in [2.75, 3.05) is 19.0 Å². The largest absolute Gasteiger partial charge is 0.383 e. The normalized spacial score (nSPS) is 12.1. The van der Waals surface area contributed by atoms with E-state index in [1.54, 1.807) is 19.2 Å². The van der Waals surface area contributed by atoms with Crippen LogP contribution in [0.4, 0.5) is 5.69 Å². The van der Waals surface area contributed by atoms with Gasteiger partial charge in [0.05, 0.1) is 17.3 Å². The molecule has 1 aromatic carbocycles. The summed E-state index contributed by atoms with van der Waals surface area (Å²) in [4.78, 5) is 0. The van der Waals surface area contributed by atoms with Crippen molar-refractivity contribution in [3.05, 3.63) is 27.7 Å². The molecule has 18 heavy (non-hydrogen) atoms. The SMILES string of the molecule is COCC(C)NC(=S)Nc1cc(Cl)c(C)cc1Cl. The van der Waals surface area contributed by atoms with Crippen LogP contribution in [0.15, 0.2) is 12.1 Å². The molecule has 3 nitrogen and oxygen atoms in total. The average molecular weight is 307 g/mol. The van der Waals surface area contributed by atoms with Crippen molar-refractivity contribution in [2.24, 2.45) is 0 Å². The first-order valence-electron chi connectivity index (χ1n) is 5.46. The zero-order chi connectivity index (χ0) is 13.7. The Labute approximate surface area is 123 Å². The fraction of sp³-hybridized carbons (Fsp3) is 0.417. The van der Waals surface area contributed by atoms with E-state index in [1.165, 1.54) is 0 Å². The molecule has 0 aliphatic carbocycles. The molecule has 0 aromatic heterocycles. The lowest BCUT2D eigenvalue weighted by molar-refractivity contribution is 0.179. The van der Waals surface area contributed by atoms with Crippen molar-refractivity contribution in [2.45, 2.75) is 19.9 Å². The van der Waals surface area contributed by atoms with Gasteiger partial charge in [-0.25, -0.2) is 0 Å². The van der Waals surface area contributed by atoms with Gasteiger partial charge in [0.1, 0.15) is 0 Å². The van der Waals surface area contributed by atoms with Gasteiger partial charge < -0.3 is 15.4 Å². The molecule has 1 atom stereocenters. The van der Waals surface area contributed by atoms with Crippen LogP contribution in [0.25, 0.3) is 0 Å². The molecule has 100 valence electrons. The topological polar surface area (TPSA) is 33.3 Å². The molecular formula is C12H16Cl2N2OS. The Kier molecular flexibility index (Phi) is 6.15. The van der Waals surface area contributed by atoms with Gasteiger partial charge in [-0.05, 0) is 43.8 Å². The fourth-order valence-corrected chi connectivity index (χ4v) is 2.16. The average Bonchev–Trinajstić information content (AvgIpc) is 2.26. The van der Waals surface area contributed by atoms with Gasteiger partial charge in [-0.1, -0.05) is 23.2 Å². The first-order valence-corrected chi connectivity index (χ1v) is 6.62. The second kappa shape index (κ2) is 7.14. The first-order chi connectivity index (χ1) is 8.43. The molecule has 0 aliphatic rings. The predicted molar refractivity (Wildman–Crippen MR) is 81.9 cm³/mol. The summed E-state index contributed by atoms with van der Waals surface area (Å²) < 4.78 is 5.02. The molecule has 0 fully saturated rings. The number of hydrogen-bond donors (Lipinski definition) is 2. The van der Waals surface area contributed by atoms with Gasteiger partial charge in [0.25, 0.3) is 0 Å². The standard InChI is InChI=1S/C12H16Cl2N2OS/c1-7-4-10(14)11(5-9(7)13)16-12(18)15-8(2)6-17-3/h4-5,8H,6H2,1-3H3,(H2,15,16,18). The van der Waals surface area contributed by atoms with Gasteiger partial charge >= 0.3 is 0 Å². The van der Waals surface area contributed by atoms with Gasteiger partial charge in [-0.15, -0.1) is 0 Å². The summed E-state index contributed by atoms with van der Waals surface area (Å²) in [6.45, 7) is 4.45. The molecule has 1 rings (SSSR count). The maximum absolute atomic E-state index is 6.11. The number of rotatable bonds is 4. The molecule has 0 saturated heterocycles. The molecule has 1 aromatic rings. The van der Waals surface area contributed by atoms with Crippen LogP contribution in [0.1, 0.15) is 12.5 Å². The molecule has 0 heterocycles. The minimum atomic E-state index is 0.120. The second-order valence-electron chi connectivity index (χ2n) is 4.04. The second-order valence-corrected chi connectivity index (χ2v) is 5.26. The minimum Gasteiger partial charge on any atom is -0.383 e. The van der Waals surface area contributed by atoms with E-state index < -0.39 is 0 Å². The summed E-state index contributed by atoms with van der Waals surface area (Å²) in [6, 6.07) is 3.68. The number of methoxy groups -OCH3 is 1. The van der Waals surface area contributed by atoms with Gasteiger partial charge in [0, 0.05) is 18.2 Å². The zero-order valence-corrected chi connectivity index (χ0v) is 12.8. The number of halogens is 2. The summed E-state index contributed by atoms with van der Waals surface area (Å²) in [6.07, 6.45) is 0. The van der Waals surface area contributed by atoms with E-state index in [0.29, 0.717) is 27.5 Å². The smallest absolute Gasteiger partial charge is 0.171 e. The number of nitrogens with one attached hydrogen (secondary N) is 2. The third-order valence-corrected chi connectivity index (χ3v) is 3.23. The number of hydrogen-bond acceptors (Lipinski definition) is 2. The van der Waals surface area contributed by atoms with E-state index in [1.807, 2.05) is 13.8 Å². The summed E-state index contributed by atoms with van der Waals surface area (Å²) in [7, 11) is 1.64. The third kappa shape index (κ3) is 4.61. The maximum Gasteiger partial charge on any atom is 0.171 e. The Bertz CT molecular complexity index is 440. The lowest BCUT2D eigenvalue weighted by Crippen LogP contribution is -2.38. The lowest BCUT2D eigenvalue weighted by atomic mass is 10.2. The molecule has 2 N–H and O–H groups in total. The number of ether oxygens (including phenoxy) is 1. The van der Waals surface area contributed by atoms with E-state index in [-0.39, 0.29) is 6.04 Å². The number of aryl methyl sites for hydroxylation is 1. The molecule has 0 bridgehead atoms. The highest BCUT2D eigenvalue weighted by molar-refractivity contribution is 7.80. The van der Waals surface area contributed by atoms with Crippen molar-refractivity contribution in [1.29, 1.82) is 0 Å². The van der Waals surface area contributed by atoms with E-state index in [0.717, 1.165) is 5.56 Å². The van der Waals surface area contributed by atoms with Gasteiger partial charge in [0.2, 0.25) is 0 Å². The zero-order valence-electron chi connectivity index (χ0n) is 10.5. The predicted octanol–water partition coefficient (Wildman–Crippen LogP) is 3.62. The van der Waals surface area contributed by atoms with Crippen molar-refractivity contribution in [1.82, 2.24) is 5.32 Å². The Balaban J connectivity index is 2.67. The molecule has 1 unspecified atom stereocenters. The van der Waals surface area contributed by atoms with Crippen LogP contribution >= 0.6 is 35.4 Å². The van der Waals surface area contributed by atoms with Gasteiger partial charge in [0.15, 0.2) is 5.11 Å². The summed E-state index contributed by atoms with van der Waals surface area (Å²) in [5.41, 5.74) is 1.62. The summed E-state index contributed by atoms with van der Waals surface area (Å²) >= 11 is 17.3. The van der Waals surface area contributed by atoms with Crippen LogP contribution in [0.5, 0.6) is 0 Å². The van der Waals surface area contributed by atoms with Crippen molar-refractivity contribution in [3.63, 3.8) is 0 Å². The van der Waals surface area contributed by atoms with Crippen LogP contribution in [-0.4, -0.2) is 24.9 Å². The van der Waals surface area contributed by atoms with Gasteiger partial charge in [-0.2, -0.15) is 0 Å². The Hall–Kier alpha value is -0.550. The molecule has 0 spiro atoms. The summed E-state index contributed by atoms with van der Waals surface area (Å²) in [5.74, 6) is 0. The van der Waals surface area contributed by atoms with Crippen molar-refractivity contribution >= 4 is 46.2 Å². The molecular weight excluding hydrogens is 291 g/mol. The third-order valence-electron chi connectivity index (χ3n) is 2.29. The first kappa shape index (κ1) is 15.5. The van der Waals surface area contributed by atoms with Crippen LogP contribution in [0.2, 0.25) is 10.0 Å². The molecule has 0 radical (unpaired) electrons. The Morgan fingerprint density at radius 1 is 1.39 bits per heavy atom. The van der Waals surface area contributed by atoms with E-state index in [2.05, 4.69) is 10.6 Å². The van der Waals surface area contributed by atoms with Crippen LogP contribution in [-0.2, 0) is 4.74 Å². The number of anilines is 1. The highest BCUT2D eigenvalue weighted by Gasteiger charge is 2.08. The number of benzene rings is 1. The maximum atomic E-state index is 6.11. The molecule has 0 saturated carbocycles. The van der Waals surface area contributed by atoms with Crippen LogP contribution < -0.4 is 10.6 Å². The monoisotopic (exact) mass is 306 g/mol. The van der Waals surface area contributed by atoms with Crippen LogP contribution in [0.3, 0.4) is 0 Å². The molecule has 0 amide bonds. The van der Waals surface area contributed by atoms with Crippen LogP contribution in [0, 0.1) is 6.92 Å². The van der Waals surface area contributed by atoms with E-state index in [9.17, 15) is 0 Å². The highest BCUT2D eigenvalue weighted by atomic mass is 35.5. The van der Waals surface area contributed by atoms with E-state index >= 15 is 0 Å². The lowest BCUT2D eigenvalue weighted by Gasteiger charge is -2.17. The van der Waals surface area contributed by atoms with Gasteiger partial charge in [-0.3, -0.25) is 0 Å². The van der Waals surface area contributed by atoms with E-state index in [4.69, 9.17) is 40.2 Å². The summed E-state index contributed by atoms with van der Waals surface area (Å²) in [5, 5.41) is 7.82. The minimum absolute atomic E-state index is 0.120. The number of thiocarbonyl (C=S) groups is 1. The van der Waals surface area contributed by atoms with Crippen molar-refractivity contribution in [3.8, 4) is 0 Å². The Morgan fingerprint density at radius 2 is 2.06 bits per heavy atom. The molecule has 6 heteroatoms.